The average molecular weight is 397 g/mol. The van der Waals surface area contributed by atoms with Gasteiger partial charge in [0.15, 0.2) is 0 Å². The Kier molecular flexibility index (Phi) is 8.07. The first-order valence-electron chi connectivity index (χ1n) is 9.78. The van der Waals surface area contributed by atoms with E-state index in [0.717, 1.165) is 37.2 Å². The topological polar surface area (TPSA) is 44.0 Å². The quantitative estimate of drug-likeness (QED) is 0.610. The van der Waals surface area contributed by atoms with Crippen LogP contribution in [0.3, 0.4) is 0 Å². The van der Waals surface area contributed by atoms with Crippen molar-refractivity contribution < 1.29 is 13.2 Å². The van der Waals surface area contributed by atoms with Gasteiger partial charge in [-0.15, -0.1) is 0 Å². The second-order valence-electron chi connectivity index (χ2n) is 7.74. The summed E-state index contributed by atoms with van der Waals surface area (Å²) in [6.45, 7) is 6.40. The maximum Gasteiger partial charge on any atom is 0.416 e. The van der Waals surface area contributed by atoms with Crippen LogP contribution in [0.4, 0.5) is 13.2 Å². The molecule has 4 nitrogen and oxygen atoms in total. The highest BCUT2D eigenvalue weighted by Crippen LogP contribution is 2.36. The Morgan fingerprint density at radius 2 is 2.00 bits per heavy atom. The largest absolute Gasteiger partial charge is 0.416 e. The van der Waals surface area contributed by atoms with Crippen molar-refractivity contribution in [3.8, 4) is 11.1 Å². The van der Waals surface area contributed by atoms with Gasteiger partial charge in [0.05, 0.1) is 11.3 Å². The van der Waals surface area contributed by atoms with E-state index < -0.39 is 11.7 Å². The van der Waals surface area contributed by atoms with Gasteiger partial charge < -0.3 is 5.32 Å². The lowest BCUT2D eigenvalue weighted by molar-refractivity contribution is -0.138. The second-order valence-corrected chi connectivity index (χ2v) is 7.74. The Labute approximate surface area is 165 Å². The fraction of sp³-hybridized carbons (Fsp3) is 0.571. The molecule has 0 amide bonds. The number of nitrogens with zero attached hydrogens (tertiary/aromatic N) is 2. The first-order chi connectivity index (χ1) is 13.2. The molecule has 1 aromatic carbocycles. The number of alkyl halides is 3. The van der Waals surface area contributed by atoms with Crippen molar-refractivity contribution in [3.63, 3.8) is 0 Å². The van der Waals surface area contributed by atoms with E-state index in [1.54, 1.807) is 18.3 Å². The molecule has 1 heterocycles. The van der Waals surface area contributed by atoms with Gasteiger partial charge in [0, 0.05) is 31.4 Å². The number of aromatic amines is 1. The van der Waals surface area contributed by atoms with Gasteiger partial charge >= 0.3 is 6.18 Å². The minimum atomic E-state index is -4.36. The molecule has 2 aromatic rings. The number of aromatic nitrogens is 2. The highest BCUT2D eigenvalue weighted by Gasteiger charge is 2.33. The van der Waals surface area contributed by atoms with Gasteiger partial charge in [0.2, 0.25) is 0 Å². The summed E-state index contributed by atoms with van der Waals surface area (Å²) < 4.78 is 41.0. The minimum Gasteiger partial charge on any atom is -0.318 e. The zero-order chi connectivity index (χ0) is 20.7. The molecule has 0 aliphatic heterocycles. The molecule has 0 saturated heterocycles. The van der Waals surface area contributed by atoms with Crippen molar-refractivity contribution in [2.75, 3.05) is 27.2 Å². The van der Waals surface area contributed by atoms with Crippen LogP contribution in [0.5, 0.6) is 0 Å². The van der Waals surface area contributed by atoms with Gasteiger partial charge in [0.1, 0.15) is 0 Å². The highest BCUT2D eigenvalue weighted by molar-refractivity contribution is 5.67. The number of H-pyrrole nitrogens is 1. The van der Waals surface area contributed by atoms with Crippen molar-refractivity contribution in [1.29, 1.82) is 0 Å². The van der Waals surface area contributed by atoms with E-state index in [1.165, 1.54) is 6.07 Å². The van der Waals surface area contributed by atoms with E-state index in [2.05, 4.69) is 34.3 Å². The van der Waals surface area contributed by atoms with Crippen molar-refractivity contribution in [1.82, 2.24) is 20.4 Å². The Bertz CT molecular complexity index is 737. The number of nitrogens with one attached hydrogen (secondary N) is 2. The third kappa shape index (κ3) is 6.34. The molecule has 28 heavy (non-hydrogen) atoms. The summed E-state index contributed by atoms with van der Waals surface area (Å²) in [6, 6.07) is 4.68. The standard InChI is InChI=1S/C21H31F3N4/c1-15(2)6-5-7-16-8-9-17(12-19(16)21(22,23)24)18-13-26-27-20(18)14-28(4)11-10-25-3/h8-9,12-13,15,25H,5-7,10-11,14H2,1-4H3,(H,26,27). The summed E-state index contributed by atoms with van der Waals surface area (Å²) in [7, 11) is 3.85. The van der Waals surface area contributed by atoms with Crippen molar-refractivity contribution in [2.45, 2.75) is 45.8 Å². The first-order valence-corrected chi connectivity index (χ1v) is 9.78. The summed E-state index contributed by atoms with van der Waals surface area (Å²) in [6.07, 6.45) is -0.568. The van der Waals surface area contributed by atoms with Crippen molar-refractivity contribution in [2.24, 2.45) is 5.92 Å². The van der Waals surface area contributed by atoms with Gasteiger partial charge in [-0.1, -0.05) is 32.4 Å². The Hall–Kier alpha value is -1.86. The molecule has 0 aliphatic carbocycles. The molecule has 2 N–H and O–H groups in total. The zero-order valence-electron chi connectivity index (χ0n) is 17.2. The number of hydrogen-bond acceptors (Lipinski definition) is 3. The van der Waals surface area contributed by atoms with Gasteiger partial charge in [-0.3, -0.25) is 10.00 Å². The van der Waals surface area contributed by atoms with E-state index in [1.807, 2.05) is 14.1 Å². The lowest BCUT2D eigenvalue weighted by Crippen LogP contribution is -2.27. The lowest BCUT2D eigenvalue weighted by Gasteiger charge is -2.17. The summed E-state index contributed by atoms with van der Waals surface area (Å²) in [5.41, 5.74) is 1.85. The van der Waals surface area contributed by atoms with Crippen LogP contribution < -0.4 is 5.32 Å². The van der Waals surface area contributed by atoms with Crippen molar-refractivity contribution in [3.05, 3.63) is 41.2 Å². The summed E-state index contributed by atoms with van der Waals surface area (Å²) in [5, 5.41) is 10.1. The molecule has 1 aromatic heterocycles. The van der Waals surface area contributed by atoms with Gasteiger partial charge in [0.25, 0.3) is 0 Å². The summed E-state index contributed by atoms with van der Waals surface area (Å²) in [4.78, 5) is 2.08. The number of rotatable bonds is 10. The van der Waals surface area contributed by atoms with Crippen LogP contribution >= 0.6 is 0 Å². The van der Waals surface area contributed by atoms with Crippen LogP contribution in [-0.2, 0) is 19.1 Å². The minimum absolute atomic E-state index is 0.369. The van der Waals surface area contributed by atoms with Crippen LogP contribution in [0.2, 0.25) is 0 Å². The molecule has 0 atom stereocenters. The van der Waals surface area contributed by atoms with Crippen LogP contribution in [0, 0.1) is 5.92 Å². The normalized spacial score (nSPS) is 12.3. The highest BCUT2D eigenvalue weighted by atomic mass is 19.4. The zero-order valence-corrected chi connectivity index (χ0v) is 17.2. The fourth-order valence-corrected chi connectivity index (χ4v) is 3.25. The summed E-state index contributed by atoms with van der Waals surface area (Å²) >= 11 is 0. The molecular formula is C21H31F3N4. The number of likely N-dealkylation sites (N-methyl/N-ethyl adjacent to an activating group) is 2. The molecule has 0 saturated carbocycles. The van der Waals surface area contributed by atoms with Crippen molar-refractivity contribution >= 4 is 0 Å². The van der Waals surface area contributed by atoms with Gasteiger partial charge in [-0.2, -0.15) is 18.3 Å². The monoisotopic (exact) mass is 396 g/mol. The van der Waals surface area contributed by atoms with E-state index in [4.69, 9.17) is 0 Å². The maximum atomic E-state index is 13.7. The molecule has 2 rings (SSSR count). The average Bonchev–Trinajstić information content (AvgIpc) is 3.07. The third-order valence-corrected chi connectivity index (χ3v) is 4.84. The van der Waals surface area contributed by atoms with Crippen LogP contribution in [0.15, 0.2) is 24.4 Å². The SMILES string of the molecule is CNCCN(C)Cc1n[nH]cc1-c1ccc(CCCC(C)C)c(C(F)(F)F)c1. The summed E-state index contributed by atoms with van der Waals surface area (Å²) in [5.74, 6) is 0.488. The number of benzene rings is 1. The third-order valence-electron chi connectivity index (χ3n) is 4.84. The van der Waals surface area contributed by atoms with Gasteiger partial charge in [-0.05, 0) is 50.0 Å². The van der Waals surface area contributed by atoms with E-state index in [-0.39, 0.29) is 0 Å². The number of hydrogen-bond donors (Lipinski definition) is 2. The second kappa shape index (κ2) is 10.1. The van der Waals surface area contributed by atoms with Crippen LogP contribution in [0.1, 0.15) is 43.5 Å². The van der Waals surface area contributed by atoms with E-state index in [9.17, 15) is 13.2 Å². The van der Waals surface area contributed by atoms with Gasteiger partial charge in [-0.25, -0.2) is 0 Å². The van der Waals surface area contributed by atoms with E-state index in [0.29, 0.717) is 30.0 Å². The predicted octanol–water partition coefficient (Wildman–Crippen LogP) is 4.73. The van der Waals surface area contributed by atoms with Crippen LogP contribution in [-0.4, -0.2) is 42.3 Å². The molecule has 7 heteroatoms. The fourth-order valence-electron chi connectivity index (χ4n) is 3.25. The van der Waals surface area contributed by atoms with E-state index >= 15 is 0 Å². The first kappa shape index (κ1) is 22.4. The molecule has 156 valence electrons. The number of halogens is 3. The molecule has 0 bridgehead atoms. The molecule has 0 aliphatic rings. The number of aryl methyl sites for hydroxylation is 1. The Morgan fingerprint density at radius 1 is 1.25 bits per heavy atom. The van der Waals surface area contributed by atoms with Crippen LogP contribution in [0.25, 0.3) is 11.1 Å². The smallest absolute Gasteiger partial charge is 0.318 e. The Balaban J connectivity index is 2.26. The molecule has 0 fully saturated rings. The molecular weight excluding hydrogens is 365 g/mol. The molecule has 0 spiro atoms. The predicted molar refractivity (Wildman–Crippen MR) is 107 cm³/mol. The maximum absolute atomic E-state index is 13.7. The molecule has 0 unspecified atom stereocenters. The molecule has 0 radical (unpaired) electrons. The Morgan fingerprint density at radius 3 is 2.64 bits per heavy atom. The lowest BCUT2D eigenvalue weighted by atomic mass is 9.94.